The third-order valence-electron chi connectivity index (χ3n) is 3.75. The summed E-state index contributed by atoms with van der Waals surface area (Å²) in [6, 6.07) is 0. The zero-order valence-electron chi connectivity index (χ0n) is 12.5. The highest BCUT2D eigenvalue weighted by Gasteiger charge is 2.28. The van der Waals surface area contributed by atoms with Crippen molar-refractivity contribution in [2.45, 2.75) is 46.5 Å². The van der Waals surface area contributed by atoms with Crippen molar-refractivity contribution in [1.29, 1.82) is 0 Å². The van der Waals surface area contributed by atoms with E-state index in [1.807, 2.05) is 0 Å². The summed E-state index contributed by atoms with van der Waals surface area (Å²) in [5.41, 5.74) is 5.46. The van der Waals surface area contributed by atoms with Crippen LogP contribution in [0, 0.1) is 11.3 Å². The fourth-order valence-electron chi connectivity index (χ4n) is 2.41. The van der Waals surface area contributed by atoms with Crippen LogP contribution in [0.1, 0.15) is 46.5 Å². The fourth-order valence-corrected chi connectivity index (χ4v) is 3.99. The molecule has 0 aromatic carbocycles. The molecule has 0 aromatic heterocycles. The maximum atomic E-state index is 12.2. The van der Waals surface area contributed by atoms with Crippen molar-refractivity contribution in [2.75, 3.05) is 26.2 Å². The molecule has 19 heavy (non-hydrogen) atoms. The summed E-state index contributed by atoms with van der Waals surface area (Å²) in [6.45, 7) is 8.66. The Labute approximate surface area is 118 Å². The molecule has 0 aliphatic carbocycles. The van der Waals surface area contributed by atoms with Gasteiger partial charge < -0.3 is 5.73 Å². The lowest BCUT2D eigenvalue weighted by Gasteiger charge is -2.32. The molecule has 1 rings (SSSR count). The molecule has 1 saturated heterocycles. The van der Waals surface area contributed by atoms with E-state index in [1.54, 1.807) is 4.31 Å². The molecule has 1 atom stereocenters. The lowest BCUT2D eigenvalue weighted by molar-refractivity contribution is 0.271. The number of nitrogens with one attached hydrogen (secondary N) is 1. The van der Waals surface area contributed by atoms with Crippen molar-refractivity contribution in [3.63, 3.8) is 0 Å². The summed E-state index contributed by atoms with van der Waals surface area (Å²) >= 11 is 0. The second kappa shape index (κ2) is 7.02. The molecule has 1 unspecified atom stereocenters. The molecule has 5 nitrogen and oxygen atoms in total. The predicted octanol–water partition coefficient (Wildman–Crippen LogP) is 1.32. The number of hydrogen-bond donors (Lipinski definition) is 2. The number of rotatable bonds is 7. The average Bonchev–Trinajstić information content (AvgIpc) is 2.34. The van der Waals surface area contributed by atoms with Crippen molar-refractivity contribution in [2.24, 2.45) is 17.1 Å². The minimum Gasteiger partial charge on any atom is -0.330 e. The Morgan fingerprint density at radius 3 is 2.68 bits per heavy atom. The zero-order valence-corrected chi connectivity index (χ0v) is 13.3. The standard InChI is InChI=1S/C13H29N3O2S/c1-12-6-4-9-16(10-12)19(17,18)15-11-13(2,3)7-5-8-14/h12,15H,4-11,14H2,1-3H3. The number of piperidine rings is 1. The third-order valence-corrected chi connectivity index (χ3v) is 5.27. The topological polar surface area (TPSA) is 75.4 Å². The van der Waals surface area contributed by atoms with E-state index in [0.717, 1.165) is 25.7 Å². The van der Waals surface area contributed by atoms with Gasteiger partial charge in [-0.1, -0.05) is 20.8 Å². The molecule has 1 aliphatic rings. The van der Waals surface area contributed by atoms with Gasteiger partial charge in [0.15, 0.2) is 0 Å². The van der Waals surface area contributed by atoms with Crippen LogP contribution in [0.5, 0.6) is 0 Å². The molecule has 3 N–H and O–H groups in total. The largest absolute Gasteiger partial charge is 0.330 e. The molecule has 0 bridgehead atoms. The normalized spacial score (nSPS) is 22.6. The Kier molecular flexibility index (Phi) is 6.23. The van der Waals surface area contributed by atoms with Gasteiger partial charge in [-0.05, 0) is 43.6 Å². The Morgan fingerprint density at radius 1 is 1.42 bits per heavy atom. The van der Waals surface area contributed by atoms with E-state index in [0.29, 0.717) is 32.1 Å². The monoisotopic (exact) mass is 291 g/mol. The second-order valence-corrected chi connectivity index (χ2v) is 8.24. The van der Waals surface area contributed by atoms with Crippen molar-refractivity contribution >= 4 is 10.2 Å². The maximum Gasteiger partial charge on any atom is 0.279 e. The third kappa shape index (κ3) is 5.77. The molecule has 0 radical (unpaired) electrons. The van der Waals surface area contributed by atoms with E-state index in [2.05, 4.69) is 25.5 Å². The second-order valence-electron chi connectivity index (χ2n) is 6.49. The van der Waals surface area contributed by atoms with Crippen LogP contribution in [0.25, 0.3) is 0 Å². The summed E-state index contributed by atoms with van der Waals surface area (Å²) < 4.78 is 28.8. The summed E-state index contributed by atoms with van der Waals surface area (Å²) in [6.07, 6.45) is 3.94. The SMILES string of the molecule is CC1CCCN(S(=O)(=O)NCC(C)(C)CCCN)C1. The quantitative estimate of drug-likeness (QED) is 0.743. The zero-order chi connectivity index (χ0) is 14.5. The maximum absolute atomic E-state index is 12.2. The number of nitrogens with zero attached hydrogens (tertiary/aromatic N) is 1. The Hall–Kier alpha value is -0.170. The summed E-state index contributed by atoms with van der Waals surface area (Å²) in [5.74, 6) is 0.454. The van der Waals surface area contributed by atoms with E-state index in [9.17, 15) is 8.42 Å². The van der Waals surface area contributed by atoms with Crippen molar-refractivity contribution in [1.82, 2.24) is 9.03 Å². The van der Waals surface area contributed by atoms with E-state index in [4.69, 9.17) is 5.73 Å². The number of hydrogen-bond acceptors (Lipinski definition) is 3. The van der Waals surface area contributed by atoms with Gasteiger partial charge in [0.05, 0.1) is 0 Å². The molecular weight excluding hydrogens is 262 g/mol. The van der Waals surface area contributed by atoms with Gasteiger partial charge in [-0.25, -0.2) is 4.72 Å². The van der Waals surface area contributed by atoms with Crippen molar-refractivity contribution < 1.29 is 8.42 Å². The van der Waals surface area contributed by atoms with Crippen LogP contribution < -0.4 is 10.5 Å². The Balaban J connectivity index is 2.50. The first kappa shape index (κ1) is 16.9. The molecule has 6 heteroatoms. The van der Waals surface area contributed by atoms with Crippen LogP contribution in [0.2, 0.25) is 0 Å². The van der Waals surface area contributed by atoms with Crippen LogP contribution in [-0.4, -0.2) is 38.9 Å². The lowest BCUT2D eigenvalue weighted by atomic mass is 9.88. The van der Waals surface area contributed by atoms with Gasteiger partial charge in [0.2, 0.25) is 0 Å². The molecule has 0 amide bonds. The molecule has 1 aliphatic heterocycles. The van der Waals surface area contributed by atoms with Crippen LogP contribution >= 0.6 is 0 Å². The van der Waals surface area contributed by atoms with E-state index >= 15 is 0 Å². The minimum absolute atomic E-state index is 0.0478. The molecule has 0 spiro atoms. The Morgan fingerprint density at radius 2 is 2.11 bits per heavy atom. The van der Waals surface area contributed by atoms with Gasteiger partial charge in [0.25, 0.3) is 10.2 Å². The smallest absolute Gasteiger partial charge is 0.279 e. The summed E-state index contributed by atoms with van der Waals surface area (Å²) in [4.78, 5) is 0. The van der Waals surface area contributed by atoms with Gasteiger partial charge in [0, 0.05) is 19.6 Å². The molecular formula is C13H29N3O2S. The highest BCUT2D eigenvalue weighted by Crippen LogP contribution is 2.22. The molecule has 114 valence electrons. The first-order chi connectivity index (χ1) is 8.77. The Bertz CT molecular complexity index is 368. The molecule has 1 heterocycles. The van der Waals surface area contributed by atoms with Crippen molar-refractivity contribution in [3.05, 3.63) is 0 Å². The first-order valence-corrected chi connectivity index (χ1v) is 8.66. The lowest BCUT2D eigenvalue weighted by Crippen LogP contribution is -2.47. The van der Waals surface area contributed by atoms with E-state index in [1.165, 1.54) is 0 Å². The molecule has 1 fully saturated rings. The first-order valence-electron chi connectivity index (χ1n) is 7.22. The summed E-state index contributed by atoms with van der Waals surface area (Å²) in [7, 11) is -3.32. The van der Waals surface area contributed by atoms with E-state index < -0.39 is 10.2 Å². The van der Waals surface area contributed by atoms with E-state index in [-0.39, 0.29) is 5.41 Å². The highest BCUT2D eigenvalue weighted by molar-refractivity contribution is 7.87. The van der Waals surface area contributed by atoms with Crippen LogP contribution in [-0.2, 0) is 10.2 Å². The van der Waals surface area contributed by atoms with Crippen LogP contribution in [0.4, 0.5) is 0 Å². The van der Waals surface area contributed by atoms with Gasteiger partial charge >= 0.3 is 0 Å². The predicted molar refractivity (Wildman–Crippen MR) is 79.0 cm³/mol. The highest BCUT2D eigenvalue weighted by atomic mass is 32.2. The average molecular weight is 291 g/mol. The number of nitrogens with two attached hydrogens (primary N) is 1. The molecule has 0 aromatic rings. The van der Waals surface area contributed by atoms with Crippen LogP contribution in [0.3, 0.4) is 0 Å². The minimum atomic E-state index is -3.32. The van der Waals surface area contributed by atoms with Gasteiger partial charge in [-0.2, -0.15) is 12.7 Å². The summed E-state index contributed by atoms with van der Waals surface area (Å²) in [5, 5.41) is 0. The molecule has 0 saturated carbocycles. The van der Waals surface area contributed by atoms with Crippen molar-refractivity contribution in [3.8, 4) is 0 Å². The fraction of sp³-hybridized carbons (Fsp3) is 1.00. The van der Waals surface area contributed by atoms with Gasteiger partial charge in [0.1, 0.15) is 0 Å². The van der Waals surface area contributed by atoms with Gasteiger partial charge in [-0.3, -0.25) is 0 Å². The van der Waals surface area contributed by atoms with Gasteiger partial charge in [-0.15, -0.1) is 0 Å². The van der Waals surface area contributed by atoms with Crippen LogP contribution in [0.15, 0.2) is 0 Å².